The fraction of sp³-hybridized carbons (Fsp3) is 0.220. The van der Waals surface area contributed by atoms with Gasteiger partial charge >= 0.3 is 0 Å². The van der Waals surface area contributed by atoms with Crippen LogP contribution in [0.25, 0.3) is 10.8 Å². The summed E-state index contributed by atoms with van der Waals surface area (Å²) < 4.78 is 2.14. The molecule has 2 N–H and O–H groups in total. The molecule has 6 aromatic rings. The van der Waals surface area contributed by atoms with Crippen molar-refractivity contribution in [3.05, 3.63) is 173 Å². The second kappa shape index (κ2) is 12.1. The van der Waals surface area contributed by atoms with Gasteiger partial charge in [0.1, 0.15) is 11.1 Å². The average Bonchev–Trinajstić information content (AvgIpc) is 3.58. The Labute approximate surface area is 270 Å². The van der Waals surface area contributed by atoms with Gasteiger partial charge in [-0.05, 0) is 76.4 Å². The largest absolute Gasteiger partial charge is 0.378 e. The van der Waals surface area contributed by atoms with Gasteiger partial charge in [0.05, 0.1) is 12.0 Å². The van der Waals surface area contributed by atoms with Crippen LogP contribution in [-0.2, 0) is 11.1 Å². The van der Waals surface area contributed by atoms with Gasteiger partial charge in [0.2, 0.25) is 0 Å². The molecule has 5 nitrogen and oxygen atoms in total. The molecule has 0 radical (unpaired) electrons. The molecule has 0 spiro atoms. The highest BCUT2D eigenvalue weighted by Crippen LogP contribution is 2.43. The second-order valence-corrected chi connectivity index (χ2v) is 12.8. The first-order chi connectivity index (χ1) is 22.4. The Kier molecular flexibility index (Phi) is 7.79. The highest BCUT2D eigenvalue weighted by Gasteiger charge is 2.42. The Morgan fingerprint density at radius 2 is 1.30 bits per heavy atom. The molecule has 1 fully saturated rings. The molecule has 1 aliphatic carbocycles. The lowest BCUT2D eigenvalue weighted by Crippen LogP contribution is -2.39. The van der Waals surface area contributed by atoms with Gasteiger partial charge < -0.3 is 15.0 Å². The molecule has 1 saturated carbocycles. The third-order valence-corrected chi connectivity index (χ3v) is 9.75. The van der Waals surface area contributed by atoms with Crippen molar-refractivity contribution in [3.8, 4) is 0 Å². The van der Waals surface area contributed by atoms with Crippen molar-refractivity contribution < 1.29 is 9.90 Å². The van der Waals surface area contributed by atoms with E-state index < -0.39 is 11.1 Å². The lowest BCUT2D eigenvalue weighted by Gasteiger charge is -2.37. The maximum atomic E-state index is 12.8. The molecular formula is C41H39N3O2. The first-order valence-corrected chi connectivity index (χ1v) is 16.2. The van der Waals surface area contributed by atoms with Crippen molar-refractivity contribution in [3.63, 3.8) is 0 Å². The number of hydrogen-bond donors (Lipinski definition) is 2. The van der Waals surface area contributed by atoms with Crippen LogP contribution in [0.3, 0.4) is 0 Å². The normalized spacial score (nSPS) is 15.0. The van der Waals surface area contributed by atoms with E-state index in [1.165, 1.54) is 6.42 Å². The Bertz CT molecular complexity index is 1870. The minimum atomic E-state index is -1.37. The molecule has 0 saturated heterocycles. The molecule has 7 rings (SSSR count). The average molecular weight is 606 g/mol. The summed E-state index contributed by atoms with van der Waals surface area (Å²) in [6, 6.07) is 43.5. The highest BCUT2D eigenvalue weighted by molar-refractivity contribution is 5.99. The molecule has 1 aromatic heterocycles. The van der Waals surface area contributed by atoms with E-state index in [0.29, 0.717) is 11.3 Å². The van der Waals surface area contributed by atoms with Crippen LogP contribution in [0.1, 0.15) is 71.4 Å². The van der Waals surface area contributed by atoms with Gasteiger partial charge in [0, 0.05) is 17.8 Å². The van der Waals surface area contributed by atoms with E-state index in [4.69, 9.17) is 4.98 Å². The van der Waals surface area contributed by atoms with Gasteiger partial charge in [-0.1, -0.05) is 123 Å². The minimum absolute atomic E-state index is 0.0290. The smallest absolute Gasteiger partial charge is 0.251 e. The van der Waals surface area contributed by atoms with E-state index in [9.17, 15) is 9.90 Å². The van der Waals surface area contributed by atoms with Gasteiger partial charge in [-0.3, -0.25) is 4.79 Å². The maximum Gasteiger partial charge on any atom is 0.251 e. The number of carbonyl (C=O) groups is 1. The second-order valence-electron chi connectivity index (χ2n) is 12.8. The summed E-state index contributed by atoms with van der Waals surface area (Å²) in [5.41, 5.74) is 3.17. The summed E-state index contributed by atoms with van der Waals surface area (Å²) in [5.74, 6) is -0.209. The lowest BCUT2D eigenvalue weighted by atomic mass is 9.76. The van der Waals surface area contributed by atoms with Gasteiger partial charge in [-0.15, -0.1) is 0 Å². The van der Waals surface area contributed by atoms with Crippen molar-refractivity contribution in [2.45, 2.75) is 50.3 Å². The lowest BCUT2D eigenvalue weighted by molar-refractivity contribution is 0.0279. The van der Waals surface area contributed by atoms with Crippen LogP contribution < -0.4 is 5.32 Å². The van der Waals surface area contributed by atoms with E-state index in [0.717, 1.165) is 45.9 Å². The van der Waals surface area contributed by atoms with Crippen molar-refractivity contribution in [2.24, 2.45) is 5.92 Å². The van der Waals surface area contributed by atoms with Crippen molar-refractivity contribution in [1.29, 1.82) is 0 Å². The summed E-state index contributed by atoms with van der Waals surface area (Å²) in [6.07, 6.45) is 7.13. The van der Waals surface area contributed by atoms with E-state index in [1.54, 1.807) is 0 Å². The van der Waals surface area contributed by atoms with Crippen LogP contribution in [0.4, 0.5) is 0 Å². The number of nitrogens with zero attached hydrogens (tertiary/aromatic N) is 2. The molecule has 1 aliphatic rings. The number of rotatable bonds is 9. The van der Waals surface area contributed by atoms with Gasteiger partial charge in [-0.25, -0.2) is 4.98 Å². The van der Waals surface area contributed by atoms with Crippen LogP contribution in [0, 0.1) is 5.92 Å². The maximum absolute atomic E-state index is 12.8. The Hall–Kier alpha value is -5.00. The molecule has 1 unspecified atom stereocenters. The number of carbonyl (C=O) groups excluding carboxylic acids is 1. The third kappa shape index (κ3) is 5.01. The molecule has 46 heavy (non-hydrogen) atoms. The zero-order valence-electron chi connectivity index (χ0n) is 26.3. The highest BCUT2D eigenvalue weighted by atomic mass is 16.3. The Morgan fingerprint density at radius 1 is 0.761 bits per heavy atom. The molecule has 0 aliphatic heterocycles. The number of nitrogens with one attached hydrogen (secondary N) is 1. The molecule has 5 heteroatoms. The van der Waals surface area contributed by atoms with E-state index in [-0.39, 0.29) is 17.9 Å². The van der Waals surface area contributed by atoms with Crippen molar-refractivity contribution in [2.75, 3.05) is 0 Å². The fourth-order valence-corrected chi connectivity index (χ4v) is 6.91. The molecular weight excluding hydrogens is 566 g/mol. The van der Waals surface area contributed by atoms with E-state index in [1.807, 2.05) is 81.0 Å². The summed E-state index contributed by atoms with van der Waals surface area (Å²) in [4.78, 5) is 17.8. The molecule has 0 bridgehead atoms. The zero-order chi connectivity index (χ0) is 31.7. The summed E-state index contributed by atoms with van der Waals surface area (Å²) in [5, 5.41) is 17.7. The Balaban J connectivity index is 1.34. The van der Waals surface area contributed by atoms with Gasteiger partial charge in [0.15, 0.2) is 0 Å². The topological polar surface area (TPSA) is 67.2 Å². The van der Waals surface area contributed by atoms with E-state index >= 15 is 0 Å². The number of fused-ring (bicyclic) bond motifs is 1. The number of aliphatic hydroxyl groups is 1. The molecule has 5 aromatic carbocycles. The molecule has 1 amide bonds. The van der Waals surface area contributed by atoms with Gasteiger partial charge in [0.25, 0.3) is 5.91 Å². The number of aromatic nitrogens is 2. The number of hydrogen-bond acceptors (Lipinski definition) is 3. The number of benzene rings is 5. The standard InChI is InChI=1S/C41H39N3O2/c1-29(2)41(46,36-24-23-30-25-32(22-21-31(30)26-36)39(45)43-37-19-12-20-37)38-27-44(28-42-38)40(33-13-6-3-7-14-33,34-15-8-4-9-16-34)35-17-10-5-11-18-35/h3-11,13-18,21-29,37,46H,12,19-20H2,1-2H3,(H,43,45). The number of amides is 1. The van der Waals surface area contributed by atoms with Crippen molar-refractivity contribution >= 4 is 16.7 Å². The van der Waals surface area contributed by atoms with E-state index in [2.05, 4.69) is 82.7 Å². The zero-order valence-corrected chi connectivity index (χ0v) is 26.3. The quantitative estimate of drug-likeness (QED) is 0.164. The SMILES string of the molecule is CC(C)C(O)(c1ccc2cc(C(=O)NC3CCC3)ccc2c1)c1cn(C(c2ccccc2)(c2ccccc2)c2ccccc2)cn1. The van der Waals surface area contributed by atoms with Crippen molar-refractivity contribution in [1.82, 2.24) is 14.9 Å². The molecule has 1 atom stereocenters. The first kappa shape index (κ1) is 29.7. The summed E-state index contributed by atoms with van der Waals surface area (Å²) in [7, 11) is 0. The molecule has 1 heterocycles. The third-order valence-electron chi connectivity index (χ3n) is 9.75. The van der Waals surface area contributed by atoms with Crippen LogP contribution in [-0.4, -0.2) is 26.6 Å². The molecule has 230 valence electrons. The van der Waals surface area contributed by atoms with Crippen LogP contribution in [0.2, 0.25) is 0 Å². The van der Waals surface area contributed by atoms with Gasteiger partial charge in [-0.2, -0.15) is 0 Å². The number of imidazole rings is 1. The summed E-state index contributed by atoms with van der Waals surface area (Å²) in [6.45, 7) is 4.05. The predicted molar refractivity (Wildman–Crippen MR) is 184 cm³/mol. The monoisotopic (exact) mass is 605 g/mol. The van der Waals surface area contributed by atoms with Crippen LogP contribution >= 0.6 is 0 Å². The predicted octanol–water partition coefficient (Wildman–Crippen LogP) is 8.05. The summed E-state index contributed by atoms with van der Waals surface area (Å²) >= 11 is 0. The van der Waals surface area contributed by atoms with Crippen LogP contribution in [0.15, 0.2) is 140 Å². The Morgan fingerprint density at radius 3 is 1.83 bits per heavy atom. The minimum Gasteiger partial charge on any atom is -0.378 e. The van der Waals surface area contributed by atoms with Crippen LogP contribution in [0.5, 0.6) is 0 Å². The first-order valence-electron chi connectivity index (χ1n) is 16.2. The fourth-order valence-electron chi connectivity index (χ4n) is 6.91.